The van der Waals surface area contributed by atoms with Crippen LogP contribution in [-0.2, 0) is 9.47 Å². The van der Waals surface area contributed by atoms with Crippen LogP contribution in [0.3, 0.4) is 0 Å². The maximum absolute atomic E-state index is 6.40. The first-order valence-electron chi connectivity index (χ1n) is 7.50. The van der Waals surface area contributed by atoms with E-state index in [0.717, 1.165) is 19.8 Å². The van der Waals surface area contributed by atoms with Gasteiger partial charge in [0.25, 0.3) is 0 Å². The normalized spacial score (nSPS) is 25.5. The monoisotopic (exact) mass is 255 g/mol. The summed E-state index contributed by atoms with van der Waals surface area (Å²) in [6.07, 6.45) is 8.08. The summed E-state index contributed by atoms with van der Waals surface area (Å²) >= 11 is 0. The van der Waals surface area contributed by atoms with Gasteiger partial charge in [0.05, 0.1) is 18.8 Å². The van der Waals surface area contributed by atoms with E-state index in [1.54, 1.807) is 0 Å². The third kappa shape index (κ3) is 4.22. The summed E-state index contributed by atoms with van der Waals surface area (Å²) in [6.45, 7) is 9.24. The van der Waals surface area contributed by atoms with Crippen molar-refractivity contribution in [2.45, 2.75) is 76.5 Å². The van der Waals surface area contributed by atoms with Gasteiger partial charge in [-0.15, -0.1) is 0 Å². The van der Waals surface area contributed by atoms with Crippen LogP contribution in [-0.4, -0.2) is 37.0 Å². The first-order chi connectivity index (χ1) is 8.49. The lowest BCUT2D eigenvalue weighted by Gasteiger charge is -2.41. The highest BCUT2D eigenvalue weighted by Gasteiger charge is 2.37. The molecule has 1 saturated carbocycles. The molecule has 0 bridgehead atoms. The fraction of sp³-hybridized carbons (Fsp3) is 1.00. The van der Waals surface area contributed by atoms with Crippen LogP contribution < -0.4 is 5.32 Å². The van der Waals surface area contributed by atoms with Crippen LogP contribution in [0.5, 0.6) is 0 Å². The standard InChI is InChI=1S/C15H29NO2/c1-14(2,3)16-12-15(18-13-10-17-11-13)8-6-4-5-7-9-15/h13,16H,4-12H2,1-3H3. The molecule has 3 heteroatoms. The van der Waals surface area contributed by atoms with E-state index in [4.69, 9.17) is 9.47 Å². The topological polar surface area (TPSA) is 30.5 Å². The Bertz CT molecular complexity index is 248. The predicted molar refractivity (Wildman–Crippen MR) is 73.9 cm³/mol. The third-order valence-electron chi connectivity index (χ3n) is 3.98. The SMILES string of the molecule is CC(C)(C)NCC1(OC2COC2)CCCCCC1. The fourth-order valence-corrected chi connectivity index (χ4v) is 2.77. The average Bonchev–Trinajstić information content (AvgIpc) is 2.46. The fourth-order valence-electron chi connectivity index (χ4n) is 2.77. The Hall–Kier alpha value is -0.120. The van der Waals surface area contributed by atoms with Crippen molar-refractivity contribution < 1.29 is 9.47 Å². The number of rotatable bonds is 4. The molecule has 1 heterocycles. The van der Waals surface area contributed by atoms with Crippen LogP contribution in [0.4, 0.5) is 0 Å². The molecule has 0 amide bonds. The molecule has 0 radical (unpaired) electrons. The zero-order chi connectivity index (χ0) is 13.1. The molecule has 1 saturated heterocycles. The van der Waals surface area contributed by atoms with E-state index >= 15 is 0 Å². The van der Waals surface area contributed by atoms with Crippen molar-refractivity contribution in [2.75, 3.05) is 19.8 Å². The van der Waals surface area contributed by atoms with Crippen LogP contribution in [0.15, 0.2) is 0 Å². The molecule has 1 aliphatic carbocycles. The minimum absolute atomic E-state index is 0.0538. The Kier molecular flexibility index (Phi) is 4.68. The maximum Gasteiger partial charge on any atom is 0.105 e. The first kappa shape index (κ1) is 14.3. The van der Waals surface area contributed by atoms with Gasteiger partial charge in [0.15, 0.2) is 0 Å². The van der Waals surface area contributed by atoms with Gasteiger partial charge in [-0.3, -0.25) is 0 Å². The van der Waals surface area contributed by atoms with Crippen molar-refractivity contribution in [3.63, 3.8) is 0 Å². The minimum Gasteiger partial charge on any atom is -0.376 e. The summed E-state index contributed by atoms with van der Waals surface area (Å²) in [4.78, 5) is 0. The van der Waals surface area contributed by atoms with Crippen molar-refractivity contribution in [1.29, 1.82) is 0 Å². The van der Waals surface area contributed by atoms with Crippen molar-refractivity contribution in [1.82, 2.24) is 5.32 Å². The lowest BCUT2D eigenvalue weighted by atomic mass is 9.92. The van der Waals surface area contributed by atoms with E-state index in [2.05, 4.69) is 26.1 Å². The third-order valence-corrected chi connectivity index (χ3v) is 3.98. The average molecular weight is 255 g/mol. The number of ether oxygens (including phenoxy) is 2. The van der Waals surface area contributed by atoms with E-state index in [0.29, 0.717) is 6.10 Å². The molecule has 2 fully saturated rings. The molecule has 0 spiro atoms. The van der Waals surface area contributed by atoms with Crippen LogP contribution in [0, 0.1) is 0 Å². The smallest absolute Gasteiger partial charge is 0.105 e. The largest absolute Gasteiger partial charge is 0.376 e. The van der Waals surface area contributed by atoms with Gasteiger partial charge >= 0.3 is 0 Å². The first-order valence-corrected chi connectivity index (χ1v) is 7.50. The molecule has 0 aromatic heterocycles. The second-order valence-electron chi connectivity index (χ2n) is 6.98. The highest BCUT2D eigenvalue weighted by Crippen LogP contribution is 2.32. The molecule has 2 aliphatic rings. The summed E-state index contributed by atoms with van der Waals surface area (Å²) in [5.41, 5.74) is 0.219. The Morgan fingerprint density at radius 3 is 2.17 bits per heavy atom. The van der Waals surface area contributed by atoms with Gasteiger partial charge in [-0.05, 0) is 33.6 Å². The molecule has 3 nitrogen and oxygen atoms in total. The molecule has 0 aromatic carbocycles. The number of nitrogens with one attached hydrogen (secondary N) is 1. The summed E-state index contributed by atoms with van der Waals surface area (Å²) in [5, 5.41) is 3.65. The summed E-state index contributed by atoms with van der Waals surface area (Å²) in [5.74, 6) is 0. The van der Waals surface area contributed by atoms with Gasteiger partial charge in [-0.25, -0.2) is 0 Å². The molecular weight excluding hydrogens is 226 g/mol. The zero-order valence-corrected chi connectivity index (χ0v) is 12.3. The highest BCUT2D eigenvalue weighted by molar-refractivity contribution is 4.90. The number of hydrogen-bond donors (Lipinski definition) is 1. The molecule has 106 valence electrons. The van der Waals surface area contributed by atoms with Gasteiger partial charge in [0.1, 0.15) is 6.10 Å². The Balaban J connectivity index is 1.95. The van der Waals surface area contributed by atoms with E-state index < -0.39 is 0 Å². The summed E-state index contributed by atoms with van der Waals surface area (Å²) in [6, 6.07) is 0. The molecule has 1 N–H and O–H groups in total. The Morgan fingerprint density at radius 2 is 1.72 bits per heavy atom. The van der Waals surface area contributed by atoms with E-state index in [1.807, 2.05) is 0 Å². The minimum atomic E-state index is 0.0538. The van der Waals surface area contributed by atoms with Crippen LogP contribution in [0.1, 0.15) is 59.3 Å². The molecule has 0 atom stereocenters. The van der Waals surface area contributed by atoms with Crippen molar-refractivity contribution in [3.05, 3.63) is 0 Å². The molecule has 1 aliphatic heterocycles. The van der Waals surface area contributed by atoms with Crippen LogP contribution in [0.25, 0.3) is 0 Å². The van der Waals surface area contributed by atoms with Crippen molar-refractivity contribution >= 4 is 0 Å². The van der Waals surface area contributed by atoms with Gasteiger partial charge in [0, 0.05) is 12.1 Å². The molecule has 18 heavy (non-hydrogen) atoms. The van der Waals surface area contributed by atoms with Gasteiger partial charge in [-0.1, -0.05) is 25.7 Å². The molecule has 2 rings (SSSR count). The van der Waals surface area contributed by atoms with Crippen LogP contribution in [0.2, 0.25) is 0 Å². The molecule has 0 aromatic rings. The van der Waals surface area contributed by atoms with Gasteiger partial charge < -0.3 is 14.8 Å². The van der Waals surface area contributed by atoms with Gasteiger partial charge in [0.2, 0.25) is 0 Å². The molecule has 0 unspecified atom stereocenters. The summed E-state index contributed by atoms with van der Waals surface area (Å²) < 4.78 is 11.7. The lowest BCUT2D eigenvalue weighted by molar-refractivity contribution is -0.196. The van der Waals surface area contributed by atoms with E-state index in [1.165, 1.54) is 38.5 Å². The second kappa shape index (κ2) is 5.89. The molecular formula is C15H29NO2. The van der Waals surface area contributed by atoms with Gasteiger partial charge in [-0.2, -0.15) is 0 Å². The predicted octanol–water partition coefficient (Wildman–Crippen LogP) is 2.88. The maximum atomic E-state index is 6.40. The van der Waals surface area contributed by atoms with Crippen LogP contribution >= 0.6 is 0 Å². The zero-order valence-electron chi connectivity index (χ0n) is 12.3. The number of hydrogen-bond acceptors (Lipinski definition) is 3. The Labute approximate surface area is 112 Å². The summed E-state index contributed by atoms with van der Waals surface area (Å²) in [7, 11) is 0. The van der Waals surface area contributed by atoms with E-state index in [-0.39, 0.29) is 11.1 Å². The van der Waals surface area contributed by atoms with Crippen molar-refractivity contribution in [3.8, 4) is 0 Å². The second-order valence-corrected chi connectivity index (χ2v) is 6.98. The van der Waals surface area contributed by atoms with E-state index in [9.17, 15) is 0 Å². The Morgan fingerprint density at radius 1 is 1.11 bits per heavy atom. The quantitative estimate of drug-likeness (QED) is 0.784. The van der Waals surface area contributed by atoms with Crippen molar-refractivity contribution in [2.24, 2.45) is 0 Å². The highest BCUT2D eigenvalue weighted by atomic mass is 16.6. The lowest BCUT2D eigenvalue weighted by Crippen LogP contribution is -2.53.